The molecule has 22 heavy (non-hydrogen) atoms. The zero-order chi connectivity index (χ0) is 15.9. The second kappa shape index (κ2) is 7.21. The van der Waals surface area contributed by atoms with Crippen molar-refractivity contribution in [1.82, 2.24) is 5.32 Å². The Balaban J connectivity index is 2.11. The fourth-order valence-corrected chi connectivity index (χ4v) is 1.80. The molecule has 6 heteroatoms. The van der Waals surface area contributed by atoms with Gasteiger partial charge >= 0.3 is 0 Å². The quantitative estimate of drug-likeness (QED) is 0.604. The van der Waals surface area contributed by atoms with Gasteiger partial charge in [-0.05, 0) is 36.8 Å². The van der Waals surface area contributed by atoms with E-state index in [1.807, 2.05) is 6.92 Å². The lowest BCUT2D eigenvalue weighted by atomic mass is 10.2. The Morgan fingerprint density at radius 3 is 2.50 bits per heavy atom. The van der Waals surface area contributed by atoms with Crippen LogP contribution in [0.1, 0.15) is 23.7 Å². The summed E-state index contributed by atoms with van der Waals surface area (Å²) in [6.45, 7) is 2.61. The molecule has 6 nitrogen and oxygen atoms in total. The van der Waals surface area contributed by atoms with E-state index in [-0.39, 0.29) is 11.4 Å². The maximum atomic E-state index is 12.1. The van der Waals surface area contributed by atoms with Crippen molar-refractivity contribution in [2.24, 2.45) is 0 Å². The molecule has 0 spiro atoms. The summed E-state index contributed by atoms with van der Waals surface area (Å²) in [7, 11) is 0. The largest absolute Gasteiger partial charge is 0.494 e. The van der Waals surface area contributed by atoms with Gasteiger partial charge in [-0.25, -0.2) is 5.32 Å². The van der Waals surface area contributed by atoms with Crippen molar-refractivity contribution in [3.63, 3.8) is 0 Å². The Morgan fingerprint density at radius 1 is 1.18 bits per heavy atom. The van der Waals surface area contributed by atoms with Crippen molar-refractivity contribution in [2.75, 3.05) is 6.61 Å². The van der Waals surface area contributed by atoms with E-state index in [9.17, 15) is 14.9 Å². The smallest absolute Gasteiger partial charge is 0.294 e. The molecule has 0 atom stereocenters. The zero-order valence-corrected chi connectivity index (χ0v) is 12.1. The second-order valence-corrected chi connectivity index (χ2v) is 4.54. The van der Waals surface area contributed by atoms with Gasteiger partial charge in [0.1, 0.15) is 11.4 Å². The average molecular weight is 299 g/mol. The first-order chi connectivity index (χ1) is 10.6. The van der Waals surface area contributed by atoms with E-state index in [1.165, 1.54) is 18.2 Å². The van der Waals surface area contributed by atoms with Gasteiger partial charge in [0.05, 0.1) is 11.5 Å². The van der Waals surface area contributed by atoms with Crippen LogP contribution >= 0.6 is 0 Å². The monoisotopic (exact) mass is 299 g/mol. The highest BCUT2D eigenvalue weighted by atomic mass is 16.6. The highest BCUT2D eigenvalue weighted by molar-refractivity contribution is 5.97. The molecular weight excluding hydrogens is 284 g/mol. The summed E-state index contributed by atoms with van der Waals surface area (Å²) in [6, 6.07) is 12.4. The van der Waals surface area contributed by atoms with Crippen LogP contribution in [0.25, 0.3) is 0 Å². The van der Waals surface area contributed by atoms with E-state index in [4.69, 9.17) is 4.74 Å². The number of nitro groups is 1. The minimum Gasteiger partial charge on any atom is -0.494 e. The van der Waals surface area contributed by atoms with Crippen molar-refractivity contribution < 1.29 is 14.5 Å². The van der Waals surface area contributed by atoms with E-state index in [2.05, 4.69) is 5.32 Å². The molecule has 0 saturated carbocycles. The second-order valence-electron chi connectivity index (χ2n) is 4.54. The van der Waals surface area contributed by atoms with Gasteiger partial charge in [0.25, 0.3) is 11.6 Å². The number of hydrogen-bond acceptors (Lipinski definition) is 4. The molecule has 0 saturated heterocycles. The summed E-state index contributed by atoms with van der Waals surface area (Å²) in [5.74, 6) is 0.139. The lowest BCUT2D eigenvalue weighted by molar-refractivity contribution is -0.384. The molecule has 0 unspecified atom stereocenters. The molecule has 0 N–H and O–H groups in total. The van der Waals surface area contributed by atoms with Gasteiger partial charge in [-0.15, -0.1) is 0 Å². The number of carbonyl (C=O) groups excluding carboxylic acids is 1. The number of nitrogens with zero attached hydrogens (tertiary/aromatic N) is 2. The Labute approximate surface area is 127 Å². The standard InChI is InChI=1S/C16H15N2O4/c1-2-11-22-13-9-7-12(8-10-13)16(19)17-14-5-3-4-6-15(14)18(20)21/h3-10H,2,11H2,1H3. The summed E-state index contributed by atoms with van der Waals surface area (Å²) in [4.78, 5) is 22.4. The molecule has 0 bridgehead atoms. The van der Waals surface area contributed by atoms with Crippen molar-refractivity contribution in [3.05, 3.63) is 64.2 Å². The van der Waals surface area contributed by atoms with Crippen LogP contribution in [-0.2, 0) is 0 Å². The molecule has 0 aliphatic heterocycles. The zero-order valence-electron chi connectivity index (χ0n) is 12.1. The van der Waals surface area contributed by atoms with Crippen LogP contribution in [0.15, 0.2) is 48.5 Å². The lowest BCUT2D eigenvalue weighted by Crippen LogP contribution is -2.12. The highest BCUT2D eigenvalue weighted by Crippen LogP contribution is 2.24. The predicted molar refractivity (Wildman–Crippen MR) is 81.4 cm³/mol. The summed E-state index contributed by atoms with van der Waals surface area (Å²) in [6.07, 6.45) is 0.897. The molecular formula is C16H15N2O4. The average Bonchev–Trinajstić information content (AvgIpc) is 2.53. The first kappa shape index (κ1) is 15.5. The van der Waals surface area contributed by atoms with E-state index in [0.29, 0.717) is 17.9 Å². The van der Waals surface area contributed by atoms with Gasteiger partial charge in [-0.3, -0.25) is 14.9 Å². The fraction of sp³-hybridized carbons (Fsp3) is 0.188. The fourth-order valence-electron chi connectivity index (χ4n) is 1.80. The van der Waals surface area contributed by atoms with Gasteiger partial charge in [0.15, 0.2) is 0 Å². The number of hydrogen-bond donors (Lipinski definition) is 0. The van der Waals surface area contributed by atoms with Crippen LogP contribution in [-0.4, -0.2) is 17.4 Å². The molecule has 2 rings (SSSR count). The molecule has 113 valence electrons. The Kier molecular flexibility index (Phi) is 5.08. The number of ether oxygens (including phenoxy) is 1. The first-order valence-electron chi connectivity index (χ1n) is 6.84. The third-order valence-electron chi connectivity index (χ3n) is 2.87. The number of rotatable bonds is 6. The number of carbonyl (C=O) groups is 1. The van der Waals surface area contributed by atoms with Gasteiger partial charge in [-0.2, -0.15) is 0 Å². The van der Waals surface area contributed by atoms with Gasteiger partial charge in [-0.1, -0.05) is 19.1 Å². The van der Waals surface area contributed by atoms with Crippen LogP contribution < -0.4 is 10.1 Å². The third-order valence-corrected chi connectivity index (χ3v) is 2.87. The van der Waals surface area contributed by atoms with Crippen molar-refractivity contribution in [2.45, 2.75) is 13.3 Å². The molecule has 0 fully saturated rings. The molecule has 2 aromatic rings. The predicted octanol–water partition coefficient (Wildman–Crippen LogP) is 3.46. The van der Waals surface area contributed by atoms with Crippen LogP contribution in [0.4, 0.5) is 11.4 Å². The van der Waals surface area contributed by atoms with Gasteiger partial charge < -0.3 is 4.74 Å². The molecule has 0 aliphatic carbocycles. The van der Waals surface area contributed by atoms with Crippen LogP contribution in [0.5, 0.6) is 5.75 Å². The number of nitro benzene ring substituents is 1. The van der Waals surface area contributed by atoms with Crippen LogP contribution in [0, 0.1) is 10.1 Å². The lowest BCUT2D eigenvalue weighted by Gasteiger charge is -2.06. The first-order valence-corrected chi connectivity index (χ1v) is 6.84. The summed E-state index contributed by atoms with van der Waals surface area (Å²) >= 11 is 0. The van der Waals surface area contributed by atoms with Crippen molar-refractivity contribution >= 4 is 17.3 Å². The molecule has 1 amide bonds. The number of benzene rings is 2. The van der Waals surface area contributed by atoms with Gasteiger partial charge in [0, 0.05) is 11.6 Å². The number of para-hydroxylation sites is 2. The van der Waals surface area contributed by atoms with E-state index < -0.39 is 10.8 Å². The molecule has 0 heterocycles. The third kappa shape index (κ3) is 3.82. The SMILES string of the molecule is CCCOc1ccc(C(=O)[N]c2ccccc2[N+](=O)[O-])cc1. The topological polar surface area (TPSA) is 83.5 Å². The Bertz CT molecular complexity index is 668. The minimum absolute atomic E-state index is 0.0452. The van der Waals surface area contributed by atoms with Crippen molar-refractivity contribution in [1.29, 1.82) is 0 Å². The highest BCUT2D eigenvalue weighted by Gasteiger charge is 2.17. The number of amides is 1. The molecule has 1 radical (unpaired) electrons. The van der Waals surface area contributed by atoms with Gasteiger partial charge in [0.2, 0.25) is 0 Å². The minimum atomic E-state index is -0.562. The molecule has 0 aliphatic rings. The van der Waals surface area contributed by atoms with E-state index in [0.717, 1.165) is 6.42 Å². The van der Waals surface area contributed by atoms with Crippen LogP contribution in [0.3, 0.4) is 0 Å². The normalized spacial score (nSPS) is 10.0. The Hall–Kier alpha value is -2.89. The summed E-state index contributed by atoms with van der Waals surface area (Å²) in [5, 5.41) is 14.7. The molecule has 2 aromatic carbocycles. The van der Waals surface area contributed by atoms with Crippen LogP contribution in [0.2, 0.25) is 0 Å². The maximum Gasteiger partial charge on any atom is 0.294 e. The maximum absolute atomic E-state index is 12.1. The van der Waals surface area contributed by atoms with E-state index >= 15 is 0 Å². The Morgan fingerprint density at radius 2 is 1.86 bits per heavy atom. The molecule has 0 aromatic heterocycles. The summed E-state index contributed by atoms with van der Waals surface area (Å²) in [5.41, 5.74) is 0.199. The van der Waals surface area contributed by atoms with Crippen molar-refractivity contribution in [3.8, 4) is 5.75 Å². The summed E-state index contributed by atoms with van der Waals surface area (Å²) < 4.78 is 5.43. The van der Waals surface area contributed by atoms with E-state index in [1.54, 1.807) is 30.3 Å².